The molecule has 0 aliphatic carbocycles. The van der Waals surface area contributed by atoms with E-state index in [4.69, 9.17) is 23.2 Å². The van der Waals surface area contributed by atoms with E-state index in [0.29, 0.717) is 21.3 Å². The molecule has 3 aromatic carbocycles. The normalized spacial score (nSPS) is 11.5. The zero-order valence-electron chi connectivity index (χ0n) is 17.1. The molecule has 1 amide bonds. The molecular formula is C23H22Cl2N2O3S. The third-order valence-electron chi connectivity index (χ3n) is 4.74. The van der Waals surface area contributed by atoms with Crippen LogP contribution in [0.1, 0.15) is 16.7 Å². The van der Waals surface area contributed by atoms with E-state index in [2.05, 4.69) is 5.32 Å². The highest BCUT2D eigenvalue weighted by Crippen LogP contribution is 2.25. The van der Waals surface area contributed by atoms with E-state index in [1.807, 2.05) is 26.0 Å². The van der Waals surface area contributed by atoms with Crippen LogP contribution >= 0.6 is 23.2 Å². The zero-order chi connectivity index (χ0) is 22.6. The van der Waals surface area contributed by atoms with Crippen molar-refractivity contribution in [1.29, 1.82) is 0 Å². The quantitative estimate of drug-likeness (QED) is 0.493. The van der Waals surface area contributed by atoms with Gasteiger partial charge in [0.1, 0.15) is 0 Å². The van der Waals surface area contributed by atoms with E-state index in [9.17, 15) is 13.2 Å². The van der Waals surface area contributed by atoms with Gasteiger partial charge >= 0.3 is 0 Å². The second-order valence-corrected chi connectivity index (χ2v) is 9.95. The van der Waals surface area contributed by atoms with Crippen LogP contribution < -0.4 is 5.32 Å². The number of rotatable bonds is 7. The Morgan fingerprint density at radius 1 is 0.935 bits per heavy atom. The van der Waals surface area contributed by atoms with Crippen LogP contribution in [0.25, 0.3) is 0 Å². The smallest absolute Gasteiger partial charge is 0.243 e. The molecule has 0 aromatic heterocycles. The molecule has 0 spiro atoms. The highest BCUT2D eigenvalue weighted by molar-refractivity contribution is 7.89. The zero-order valence-corrected chi connectivity index (χ0v) is 19.4. The lowest BCUT2D eigenvalue weighted by Gasteiger charge is -2.22. The van der Waals surface area contributed by atoms with Crippen LogP contribution in [0.4, 0.5) is 5.69 Å². The summed E-state index contributed by atoms with van der Waals surface area (Å²) in [6.07, 6.45) is 0. The molecular weight excluding hydrogens is 455 g/mol. The van der Waals surface area contributed by atoms with Crippen LogP contribution in [0.15, 0.2) is 71.6 Å². The summed E-state index contributed by atoms with van der Waals surface area (Å²) in [5, 5.41) is 3.47. The molecule has 0 aliphatic heterocycles. The first-order chi connectivity index (χ1) is 14.7. The predicted molar refractivity (Wildman–Crippen MR) is 125 cm³/mol. The van der Waals surface area contributed by atoms with Crippen LogP contribution in [0, 0.1) is 13.8 Å². The van der Waals surface area contributed by atoms with Crippen LogP contribution in [0.2, 0.25) is 10.0 Å². The number of aryl methyl sites for hydroxylation is 2. The third-order valence-corrected chi connectivity index (χ3v) is 7.29. The van der Waals surface area contributed by atoms with Gasteiger partial charge in [0.2, 0.25) is 15.9 Å². The molecule has 3 aromatic rings. The van der Waals surface area contributed by atoms with Crippen molar-refractivity contribution in [3.63, 3.8) is 0 Å². The maximum atomic E-state index is 13.3. The van der Waals surface area contributed by atoms with Crippen molar-refractivity contribution >= 4 is 44.8 Å². The fourth-order valence-electron chi connectivity index (χ4n) is 2.99. The summed E-state index contributed by atoms with van der Waals surface area (Å²) in [4.78, 5) is 12.9. The standard InChI is InChI=1S/C23H22Cl2N2O3S/c1-16-7-10-19(11-8-16)31(29,30)27(14-18-9-12-20(24)21(25)13-18)15-23(28)26-22-6-4-3-5-17(22)2/h3-13H,14-15H2,1-2H3,(H,26,28). The molecule has 0 saturated heterocycles. The average molecular weight is 477 g/mol. The summed E-state index contributed by atoms with van der Waals surface area (Å²) in [5.74, 6) is -0.440. The van der Waals surface area contributed by atoms with E-state index in [1.54, 1.807) is 42.5 Å². The summed E-state index contributed by atoms with van der Waals surface area (Å²) in [5.41, 5.74) is 3.07. The Kier molecular flexibility index (Phi) is 7.38. The van der Waals surface area contributed by atoms with Gasteiger partial charge in [-0.25, -0.2) is 8.42 Å². The molecule has 0 heterocycles. The summed E-state index contributed by atoms with van der Waals surface area (Å²) in [7, 11) is -3.94. The molecule has 0 radical (unpaired) electrons. The largest absolute Gasteiger partial charge is 0.325 e. The van der Waals surface area contributed by atoms with Gasteiger partial charge < -0.3 is 5.32 Å². The number of nitrogens with one attached hydrogen (secondary N) is 1. The van der Waals surface area contributed by atoms with Gasteiger partial charge in [0.15, 0.2) is 0 Å². The van der Waals surface area contributed by atoms with Gasteiger partial charge in [-0.1, -0.05) is 65.2 Å². The third kappa shape index (κ3) is 5.86. The van der Waals surface area contributed by atoms with Crippen molar-refractivity contribution in [2.24, 2.45) is 0 Å². The summed E-state index contributed by atoms with van der Waals surface area (Å²) >= 11 is 12.1. The Labute approximate surface area is 192 Å². The number of hydrogen-bond acceptors (Lipinski definition) is 3. The number of amides is 1. The Bertz CT molecular complexity index is 1200. The molecule has 1 N–H and O–H groups in total. The van der Waals surface area contributed by atoms with Crippen molar-refractivity contribution in [2.45, 2.75) is 25.3 Å². The van der Waals surface area contributed by atoms with Gasteiger partial charge in [-0.05, 0) is 55.3 Å². The maximum absolute atomic E-state index is 13.3. The van der Waals surface area contributed by atoms with Crippen LogP contribution in [0.3, 0.4) is 0 Å². The predicted octanol–water partition coefficient (Wildman–Crippen LogP) is 5.44. The van der Waals surface area contributed by atoms with Crippen LogP contribution in [-0.2, 0) is 21.4 Å². The Hall–Kier alpha value is -2.38. The van der Waals surface area contributed by atoms with E-state index < -0.39 is 15.9 Å². The van der Waals surface area contributed by atoms with Crippen LogP contribution in [-0.4, -0.2) is 25.2 Å². The van der Waals surface area contributed by atoms with E-state index in [1.165, 1.54) is 12.1 Å². The van der Waals surface area contributed by atoms with E-state index in [-0.39, 0.29) is 18.0 Å². The minimum absolute atomic E-state index is 0.0334. The summed E-state index contributed by atoms with van der Waals surface area (Å²) in [6.45, 7) is 3.35. The molecule has 5 nitrogen and oxygen atoms in total. The molecule has 3 rings (SSSR count). The second kappa shape index (κ2) is 9.83. The molecule has 162 valence electrons. The topological polar surface area (TPSA) is 66.5 Å². The number of carbonyl (C=O) groups excluding carboxylic acids is 1. The molecule has 0 fully saturated rings. The number of halogens is 2. The first-order valence-corrected chi connectivity index (χ1v) is 11.7. The molecule has 0 atom stereocenters. The number of nitrogens with zero attached hydrogens (tertiary/aromatic N) is 1. The highest BCUT2D eigenvalue weighted by atomic mass is 35.5. The lowest BCUT2D eigenvalue weighted by atomic mass is 10.2. The number of sulfonamides is 1. The molecule has 0 saturated carbocycles. The lowest BCUT2D eigenvalue weighted by molar-refractivity contribution is -0.116. The summed E-state index contributed by atoms with van der Waals surface area (Å²) in [6, 6.07) is 18.7. The van der Waals surface area contributed by atoms with Gasteiger partial charge in [0.05, 0.1) is 21.5 Å². The number of carbonyl (C=O) groups is 1. The number of para-hydroxylation sites is 1. The fraction of sp³-hybridized carbons (Fsp3) is 0.174. The van der Waals surface area contributed by atoms with Crippen molar-refractivity contribution in [3.05, 3.63) is 93.5 Å². The Morgan fingerprint density at radius 3 is 2.26 bits per heavy atom. The monoisotopic (exact) mass is 476 g/mol. The SMILES string of the molecule is Cc1ccc(S(=O)(=O)N(CC(=O)Nc2ccccc2C)Cc2ccc(Cl)c(Cl)c2)cc1. The molecule has 31 heavy (non-hydrogen) atoms. The van der Waals surface area contributed by atoms with Gasteiger partial charge in [0.25, 0.3) is 0 Å². The molecule has 8 heteroatoms. The van der Waals surface area contributed by atoms with Crippen molar-refractivity contribution in [1.82, 2.24) is 4.31 Å². The number of hydrogen-bond donors (Lipinski definition) is 1. The van der Waals surface area contributed by atoms with Crippen molar-refractivity contribution < 1.29 is 13.2 Å². The number of benzene rings is 3. The average Bonchev–Trinajstić information content (AvgIpc) is 2.72. The van der Waals surface area contributed by atoms with Gasteiger partial charge in [0, 0.05) is 12.2 Å². The Morgan fingerprint density at radius 2 is 1.61 bits per heavy atom. The van der Waals surface area contributed by atoms with E-state index in [0.717, 1.165) is 15.4 Å². The van der Waals surface area contributed by atoms with Gasteiger partial charge in [-0.2, -0.15) is 4.31 Å². The maximum Gasteiger partial charge on any atom is 0.243 e. The lowest BCUT2D eigenvalue weighted by Crippen LogP contribution is -2.37. The van der Waals surface area contributed by atoms with Crippen molar-refractivity contribution in [3.8, 4) is 0 Å². The Balaban J connectivity index is 1.91. The molecule has 0 unspecified atom stereocenters. The molecule has 0 aliphatic rings. The summed E-state index contributed by atoms with van der Waals surface area (Å²) < 4.78 is 27.8. The van der Waals surface area contributed by atoms with Crippen molar-refractivity contribution in [2.75, 3.05) is 11.9 Å². The van der Waals surface area contributed by atoms with Gasteiger partial charge in [-0.3, -0.25) is 4.79 Å². The fourth-order valence-corrected chi connectivity index (χ4v) is 4.69. The first-order valence-electron chi connectivity index (χ1n) is 9.53. The first kappa shape index (κ1) is 23.3. The van der Waals surface area contributed by atoms with Gasteiger partial charge in [-0.15, -0.1) is 0 Å². The second-order valence-electron chi connectivity index (χ2n) is 7.20. The van der Waals surface area contributed by atoms with Crippen LogP contribution in [0.5, 0.6) is 0 Å². The number of anilines is 1. The minimum atomic E-state index is -3.94. The van der Waals surface area contributed by atoms with E-state index >= 15 is 0 Å². The minimum Gasteiger partial charge on any atom is -0.325 e. The molecule has 0 bridgehead atoms. The highest BCUT2D eigenvalue weighted by Gasteiger charge is 2.27.